The van der Waals surface area contributed by atoms with E-state index in [2.05, 4.69) is 52.0 Å². The van der Waals surface area contributed by atoms with Crippen molar-refractivity contribution in [2.75, 3.05) is 0 Å². The van der Waals surface area contributed by atoms with Gasteiger partial charge in [0.15, 0.2) is 0 Å². The molecule has 2 N–H and O–H groups in total. The maximum absolute atomic E-state index is 6.10. The molecule has 0 saturated heterocycles. The highest BCUT2D eigenvalue weighted by Gasteiger charge is 2.13. The highest BCUT2D eigenvalue weighted by atomic mass is 35.5. The van der Waals surface area contributed by atoms with Crippen molar-refractivity contribution >= 4 is 11.6 Å². The Hall–Kier alpha value is -1.31. The lowest BCUT2D eigenvalue weighted by Gasteiger charge is -2.18. The topological polar surface area (TPSA) is 26.0 Å². The minimum Gasteiger partial charge on any atom is -0.326 e. The predicted octanol–water partition coefficient (Wildman–Crippen LogP) is 5.71. The predicted molar refractivity (Wildman–Crippen MR) is 93.0 cm³/mol. The Bertz CT molecular complexity index is 629. The lowest BCUT2D eigenvalue weighted by molar-refractivity contribution is 0.835. The van der Waals surface area contributed by atoms with Gasteiger partial charge in [0.1, 0.15) is 0 Å². The van der Waals surface area contributed by atoms with Gasteiger partial charge in [-0.1, -0.05) is 63.6 Å². The summed E-state index contributed by atoms with van der Waals surface area (Å²) < 4.78 is 0. The van der Waals surface area contributed by atoms with Gasteiger partial charge in [-0.2, -0.15) is 0 Å². The molecule has 0 fully saturated rings. The maximum Gasteiger partial charge on any atom is 0.0409 e. The zero-order chi connectivity index (χ0) is 15.6. The van der Waals surface area contributed by atoms with E-state index < -0.39 is 0 Å². The molecule has 0 heterocycles. The summed E-state index contributed by atoms with van der Waals surface area (Å²) in [4.78, 5) is 0. The van der Waals surface area contributed by atoms with E-state index in [9.17, 15) is 0 Å². The van der Waals surface area contributed by atoms with Crippen LogP contribution in [-0.4, -0.2) is 0 Å². The lowest BCUT2D eigenvalue weighted by Crippen LogP contribution is -2.02. The molecular formula is C19H24ClN. The third kappa shape index (κ3) is 3.48. The van der Waals surface area contributed by atoms with Crippen molar-refractivity contribution < 1.29 is 0 Å². The van der Waals surface area contributed by atoms with Crippen LogP contribution < -0.4 is 5.73 Å². The second kappa shape index (κ2) is 6.64. The molecule has 0 radical (unpaired) electrons. The van der Waals surface area contributed by atoms with Gasteiger partial charge >= 0.3 is 0 Å². The summed E-state index contributed by atoms with van der Waals surface area (Å²) in [5.74, 6) is 1.01. The van der Waals surface area contributed by atoms with Crippen LogP contribution in [0.5, 0.6) is 0 Å². The van der Waals surface area contributed by atoms with Crippen LogP contribution >= 0.6 is 11.6 Å². The van der Waals surface area contributed by atoms with E-state index >= 15 is 0 Å². The van der Waals surface area contributed by atoms with Gasteiger partial charge in [-0.05, 0) is 51.8 Å². The first-order chi connectivity index (χ1) is 9.93. The SMILES string of the molecule is CC(C)c1ccc(-c2ccc(Cl)cc2CN)c(C(C)C)c1. The van der Waals surface area contributed by atoms with Crippen LogP contribution in [0.4, 0.5) is 0 Å². The molecule has 0 aliphatic rings. The molecule has 0 aliphatic heterocycles. The Morgan fingerprint density at radius 3 is 2.14 bits per heavy atom. The number of nitrogens with two attached hydrogens (primary N) is 1. The van der Waals surface area contributed by atoms with Crippen LogP contribution in [0.2, 0.25) is 5.02 Å². The molecule has 0 atom stereocenters. The van der Waals surface area contributed by atoms with Crippen molar-refractivity contribution in [2.24, 2.45) is 5.73 Å². The Kier molecular flexibility index (Phi) is 5.08. The second-order valence-corrected chi connectivity index (χ2v) is 6.60. The third-order valence-corrected chi connectivity index (χ3v) is 4.18. The van der Waals surface area contributed by atoms with Gasteiger partial charge in [0.05, 0.1) is 0 Å². The summed E-state index contributed by atoms with van der Waals surface area (Å²) in [5, 5.41) is 0.740. The summed E-state index contributed by atoms with van der Waals surface area (Å²) in [5.41, 5.74) is 12.2. The summed E-state index contributed by atoms with van der Waals surface area (Å²) in [6, 6.07) is 12.8. The number of benzene rings is 2. The van der Waals surface area contributed by atoms with Crippen LogP contribution in [0.15, 0.2) is 36.4 Å². The molecule has 21 heavy (non-hydrogen) atoms. The quantitative estimate of drug-likeness (QED) is 0.768. The zero-order valence-corrected chi connectivity index (χ0v) is 14.0. The van der Waals surface area contributed by atoms with Crippen LogP contribution in [0, 0.1) is 0 Å². The largest absolute Gasteiger partial charge is 0.326 e. The minimum atomic E-state index is 0.472. The first-order valence-corrected chi connectivity index (χ1v) is 7.94. The van der Waals surface area contributed by atoms with Crippen LogP contribution in [-0.2, 0) is 6.54 Å². The smallest absolute Gasteiger partial charge is 0.0409 e. The molecule has 2 heteroatoms. The average Bonchev–Trinajstić information content (AvgIpc) is 2.46. The lowest BCUT2D eigenvalue weighted by atomic mass is 9.87. The molecule has 1 nitrogen and oxygen atoms in total. The summed E-state index contributed by atoms with van der Waals surface area (Å²) in [7, 11) is 0. The van der Waals surface area contributed by atoms with E-state index in [0.29, 0.717) is 18.4 Å². The van der Waals surface area contributed by atoms with Crippen LogP contribution in [0.3, 0.4) is 0 Å². The molecule has 0 aromatic heterocycles. The fourth-order valence-corrected chi connectivity index (χ4v) is 2.85. The molecule has 0 amide bonds. The van der Waals surface area contributed by atoms with Crippen molar-refractivity contribution in [2.45, 2.75) is 46.1 Å². The Balaban J connectivity index is 2.63. The van der Waals surface area contributed by atoms with Crippen molar-refractivity contribution in [3.63, 3.8) is 0 Å². The van der Waals surface area contributed by atoms with E-state index in [1.807, 2.05) is 12.1 Å². The van der Waals surface area contributed by atoms with Gasteiger partial charge in [-0.15, -0.1) is 0 Å². The molecule has 0 unspecified atom stereocenters. The Morgan fingerprint density at radius 2 is 1.57 bits per heavy atom. The highest BCUT2D eigenvalue weighted by molar-refractivity contribution is 6.30. The molecule has 2 rings (SSSR count). The molecule has 0 spiro atoms. The second-order valence-electron chi connectivity index (χ2n) is 6.16. The molecule has 0 bridgehead atoms. The normalized spacial score (nSPS) is 11.4. The van der Waals surface area contributed by atoms with E-state index in [4.69, 9.17) is 17.3 Å². The van der Waals surface area contributed by atoms with Gasteiger partial charge in [0, 0.05) is 11.6 Å². The summed E-state index contributed by atoms with van der Waals surface area (Å²) in [6.45, 7) is 9.43. The Labute approximate surface area is 133 Å². The van der Waals surface area contributed by atoms with Crippen molar-refractivity contribution in [1.29, 1.82) is 0 Å². The molecule has 0 saturated carbocycles. The maximum atomic E-state index is 6.10. The van der Waals surface area contributed by atoms with E-state index in [-0.39, 0.29) is 0 Å². The third-order valence-electron chi connectivity index (χ3n) is 3.94. The molecular weight excluding hydrogens is 278 g/mol. The fraction of sp³-hybridized carbons (Fsp3) is 0.368. The first kappa shape index (κ1) is 16.1. The van der Waals surface area contributed by atoms with Crippen LogP contribution in [0.1, 0.15) is 56.2 Å². The van der Waals surface area contributed by atoms with Crippen molar-refractivity contribution in [3.8, 4) is 11.1 Å². The standard InChI is InChI=1S/C19H24ClN/c1-12(2)14-5-7-18(19(10-14)13(3)4)17-8-6-16(20)9-15(17)11-21/h5-10,12-13H,11,21H2,1-4H3. The minimum absolute atomic E-state index is 0.472. The summed E-state index contributed by atoms with van der Waals surface area (Å²) >= 11 is 6.10. The first-order valence-electron chi connectivity index (χ1n) is 7.56. The summed E-state index contributed by atoms with van der Waals surface area (Å²) in [6.07, 6.45) is 0. The monoisotopic (exact) mass is 301 g/mol. The number of rotatable bonds is 4. The average molecular weight is 302 g/mol. The van der Waals surface area contributed by atoms with E-state index in [1.165, 1.54) is 22.3 Å². The van der Waals surface area contributed by atoms with Crippen molar-refractivity contribution in [1.82, 2.24) is 0 Å². The zero-order valence-electron chi connectivity index (χ0n) is 13.3. The van der Waals surface area contributed by atoms with E-state index in [0.717, 1.165) is 10.6 Å². The van der Waals surface area contributed by atoms with Gasteiger partial charge in [-0.3, -0.25) is 0 Å². The number of hydrogen-bond donors (Lipinski definition) is 1. The van der Waals surface area contributed by atoms with E-state index in [1.54, 1.807) is 0 Å². The fourth-order valence-electron chi connectivity index (χ4n) is 2.66. The van der Waals surface area contributed by atoms with Gasteiger partial charge < -0.3 is 5.73 Å². The van der Waals surface area contributed by atoms with Crippen LogP contribution in [0.25, 0.3) is 11.1 Å². The number of halogens is 1. The molecule has 0 aliphatic carbocycles. The molecule has 112 valence electrons. The van der Waals surface area contributed by atoms with Gasteiger partial charge in [0.2, 0.25) is 0 Å². The van der Waals surface area contributed by atoms with Gasteiger partial charge in [-0.25, -0.2) is 0 Å². The Morgan fingerprint density at radius 1 is 0.905 bits per heavy atom. The number of hydrogen-bond acceptors (Lipinski definition) is 1. The van der Waals surface area contributed by atoms with Gasteiger partial charge in [0.25, 0.3) is 0 Å². The van der Waals surface area contributed by atoms with Crippen molar-refractivity contribution in [3.05, 3.63) is 58.1 Å². The molecule has 2 aromatic rings. The molecule has 2 aromatic carbocycles. The highest BCUT2D eigenvalue weighted by Crippen LogP contribution is 2.34.